The molecule has 1 aliphatic carbocycles. The van der Waals surface area contributed by atoms with Gasteiger partial charge < -0.3 is 9.47 Å². The molecule has 0 heterocycles. The Morgan fingerprint density at radius 1 is 1.11 bits per heavy atom. The predicted octanol–water partition coefficient (Wildman–Crippen LogP) is 3.09. The molecule has 4 nitrogen and oxygen atoms in total. The van der Waals surface area contributed by atoms with Gasteiger partial charge >= 0.3 is 11.9 Å². The topological polar surface area (TPSA) is 52.6 Å². The Bertz CT molecular complexity index is 282. The second-order valence-electron chi connectivity index (χ2n) is 5.25. The Morgan fingerprint density at radius 3 is 2.37 bits per heavy atom. The van der Waals surface area contributed by atoms with Crippen LogP contribution in [0.5, 0.6) is 0 Å². The summed E-state index contributed by atoms with van der Waals surface area (Å²) < 4.78 is 10.2. The van der Waals surface area contributed by atoms with Crippen LogP contribution in [0, 0.1) is 11.8 Å². The summed E-state index contributed by atoms with van der Waals surface area (Å²) >= 11 is 0. The zero-order chi connectivity index (χ0) is 14.1. The van der Waals surface area contributed by atoms with Gasteiger partial charge in [-0.3, -0.25) is 9.59 Å². The quantitative estimate of drug-likeness (QED) is 0.667. The van der Waals surface area contributed by atoms with Gasteiger partial charge in [0, 0.05) is 0 Å². The first kappa shape index (κ1) is 16.0. The van der Waals surface area contributed by atoms with Crippen molar-refractivity contribution in [2.75, 3.05) is 13.2 Å². The van der Waals surface area contributed by atoms with E-state index in [0.717, 1.165) is 12.8 Å². The maximum absolute atomic E-state index is 11.9. The highest BCUT2D eigenvalue weighted by Crippen LogP contribution is 2.24. The molecule has 1 aliphatic rings. The molecule has 0 aromatic heterocycles. The highest BCUT2D eigenvalue weighted by atomic mass is 16.5. The fourth-order valence-electron chi connectivity index (χ4n) is 2.49. The molecule has 0 aliphatic heterocycles. The SMILES string of the molecule is CCOC(=O)CC(CC)C(=O)OCC1CCCCC1. The first-order chi connectivity index (χ1) is 9.17. The van der Waals surface area contributed by atoms with Gasteiger partial charge in [-0.25, -0.2) is 0 Å². The second-order valence-corrected chi connectivity index (χ2v) is 5.25. The molecule has 0 N–H and O–H groups in total. The summed E-state index contributed by atoms with van der Waals surface area (Å²) in [7, 11) is 0. The number of hydrogen-bond donors (Lipinski definition) is 0. The van der Waals surface area contributed by atoms with E-state index in [1.54, 1.807) is 6.92 Å². The van der Waals surface area contributed by atoms with Crippen LogP contribution in [0.3, 0.4) is 0 Å². The Kier molecular flexibility index (Phi) is 7.53. The van der Waals surface area contributed by atoms with Crippen molar-refractivity contribution in [1.82, 2.24) is 0 Å². The highest BCUT2D eigenvalue weighted by molar-refractivity contribution is 5.79. The van der Waals surface area contributed by atoms with Crippen molar-refractivity contribution < 1.29 is 19.1 Å². The summed E-state index contributed by atoms with van der Waals surface area (Å²) in [6, 6.07) is 0. The third-order valence-corrected chi connectivity index (χ3v) is 3.73. The van der Waals surface area contributed by atoms with Crippen LogP contribution in [-0.4, -0.2) is 25.2 Å². The first-order valence-electron chi connectivity index (χ1n) is 7.49. The van der Waals surface area contributed by atoms with Crippen molar-refractivity contribution in [2.24, 2.45) is 11.8 Å². The number of ether oxygens (including phenoxy) is 2. The highest BCUT2D eigenvalue weighted by Gasteiger charge is 2.23. The fourth-order valence-corrected chi connectivity index (χ4v) is 2.49. The Labute approximate surface area is 115 Å². The fraction of sp³-hybridized carbons (Fsp3) is 0.867. The molecule has 1 unspecified atom stereocenters. The van der Waals surface area contributed by atoms with E-state index < -0.39 is 0 Å². The second kappa shape index (κ2) is 8.94. The van der Waals surface area contributed by atoms with Crippen LogP contribution >= 0.6 is 0 Å². The zero-order valence-corrected chi connectivity index (χ0v) is 12.2. The van der Waals surface area contributed by atoms with Crippen molar-refractivity contribution in [3.8, 4) is 0 Å². The number of carbonyl (C=O) groups is 2. The average Bonchev–Trinajstić information content (AvgIpc) is 2.43. The van der Waals surface area contributed by atoms with Crippen molar-refractivity contribution >= 4 is 11.9 Å². The predicted molar refractivity (Wildman–Crippen MR) is 72.6 cm³/mol. The number of carbonyl (C=O) groups excluding carboxylic acids is 2. The molecule has 0 radical (unpaired) electrons. The molecular formula is C15H26O4. The Hall–Kier alpha value is -1.06. The van der Waals surface area contributed by atoms with E-state index in [1.807, 2.05) is 6.92 Å². The van der Waals surface area contributed by atoms with Crippen LogP contribution in [0.25, 0.3) is 0 Å². The van der Waals surface area contributed by atoms with Crippen LogP contribution < -0.4 is 0 Å². The van der Waals surface area contributed by atoms with Gasteiger partial charge in [-0.05, 0) is 32.1 Å². The lowest BCUT2D eigenvalue weighted by Crippen LogP contribution is -2.24. The average molecular weight is 270 g/mol. The smallest absolute Gasteiger partial charge is 0.309 e. The molecule has 0 aromatic rings. The molecule has 4 heteroatoms. The largest absolute Gasteiger partial charge is 0.466 e. The van der Waals surface area contributed by atoms with E-state index in [4.69, 9.17) is 9.47 Å². The van der Waals surface area contributed by atoms with E-state index in [0.29, 0.717) is 25.6 Å². The molecular weight excluding hydrogens is 244 g/mol. The summed E-state index contributed by atoms with van der Waals surface area (Å²) in [5, 5.41) is 0. The monoisotopic (exact) mass is 270 g/mol. The molecule has 0 bridgehead atoms. The lowest BCUT2D eigenvalue weighted by atomic mass is 9.90. The van der Waals surface area contributed by atoms with Crippen LogP contribution in [0.1, 0.15) is 58.8 Å². The molecule has 1 saturated carbocycles. The van der Waals surface area contributed by atoms with Crippen LogP contribution in [0.4, 0.5) is 0 Å². The molecule has 1 atom stereocenters. The zero-order valence-electron chi connectivity index (χ0n) is 12.2. The summed E-state index contributed by atoms with van der Waals surface area (Å²) in [5.41, 5.74) is 0. The van der Waals surface area contributed by atoms with Gasteiger partial charge in [-0.1, -0.05) is 26.2 Å². The van der Waals surface area contributed by atoms with Crippen LogP contribution in [-0.2, 0) is 19.1 Å². The lowest BCUT2D eigenvalue weighted by Gasteiger charge is -2.22. The van der Waals surface area contributed by atoms with Crippen LogP contribution in [0.15, 0.2) is 0 Å². The van der Waals surface area contributed by atoms with Gasteiger partial charge in [0.15, 0.2) is 0 Å². The minimum atomic E-state index is -0.359. The van der Waals surface area contributed by atoms with E-state index in [-0.39, 0.29) is 24.3 Å². The Balaban J connectivity index is 2.29. The molecule has 1 fully saturated rings. The van der Waals surface area contributed by atoms with E-state index in [2.05, 4.69) is 0 Å². The third-order valence-electron chi connectivity index (χ3n) is 3.73. The van der Waals surface area contributed by atoms with Gasteiger partial charge in [-0.2, -0.15) is 0 Å². The van der Waals surface area contributed by atoms with E-state index in [1.165, 1.54) is 19.3 Å². The summed E-state index contributed by atoms with van der Waals surface area (Å²) in [5.74, 6) is -0.412. The first-order valence-corrected chi connectivity index (χ1v) is 7.49. The standard InChI is InChI=1S/C15H26O4/c1-3-13(10-14(16)18-4-2)15(17)19-11-12-8-6-5-7-9-12/h12-13H,3-11H2,1-2H3. The summed E-state index contributed by atoms with van der Waals surface area (Å²) in [6.07, 6.45) is 6.83. The minimum absolute atomic E-state index is 0.133. The van der Waals surface area contributed by atoms with Gasteiger partial charge in [0.1, 0.15) is 0 Å². The van der Waals surface area contributed by atoms with Crippen LogP contribution in [0.2, 0.25) is 0 Å². The van der Waals surface area contributed by atoms with Gasteiger partial charge in [0.2, 0.25) is 0 Å². The van der Waals surface area contributed by atoms with Crippen molar-refractivity contribution in [2.45, 2.75) is 58.8 Å². The minimum Gasteiger partial charge on any atom is -0.466 e. The molecule has 0 aromatic carbocycles. The van der Waals surface area contributed by atoms with E-state index >= 15 is 0 Å². The third kappa shape index (κ3) is 6.08. The maximum atomic E-state index is 11.9. The molecule has 110 valence electrons. The van der Waals surface area contributed by atoms with Gasteiger partial charge in [0.05, 0.1) is 25.6 Å². The van der Waals surface area contributed by atoms with Crippen molar-refractivity contribution in [1.29, 1.82) is 0 Å². The van der Waals surface area contributed by atoms with Gasteiger partial charge in [-0.15, -0.1) is 0 Å². The molecule has 0 spiro atoms. The Morgan fingerprint density at radius 2 is 1.79 bits per heavy atom. The number of esters is 2. The molecule has 0 amide bonds. The van der Waals surface area contributed by atoms with E-state index in [9.17, 15) is 9.59 Å². The number of rotatable bonds is 7. The lowest BCUT2D eigenvalue weighted by molar-refractivity contribution is -0.156. The maximum Gasteiger partial charge on any atom is 0.309 e. The molecule has 1 rings (SSSR count). The van der Waals surface area contributed by atoms with Crippen molar-refractivity contribution in [3.63, 3.8) is 0 Å². The number of hydrogen-bond acceptors (Lipinski definition) is 4. The van der Waals surface area contributed by atoms with Gasteiger partial charge in [0.25, 0.3) is 0 Å². The molecule has 19 heavy (non-hydrogen) atoms. The normalized spacial score (nSPS) is 17.8. The summed E-state index contributed by atoms with van der Waals surface area (Å²) in [6.45, 7) is 4.52. The van der Waals surface area contributed by atoms with Crippen molar-refractivity contribution in [3.05, 3.63) is 0 Å². The summed E-state index contributed by atoms with van der Waals surface area (Å²) in [4.78, 5) is 23.3. The molecule has 0 saturated heterocycles.